The van der Waals surface area contributed by atoms with Gasteiger partial charge in [0.1, 0.15) is 0 Å². The van der Waals surface area contributed by atoms with E-state index in [1.165, 1.54) is 0 Å². The first kappa shape index (κ1) is 11.2. The summed E-state index contributed by atoms with van der Waals surface area (Å²) in [5, 5.41) is 4.28. The van der Waals surface area contributed by atoms with Crippen molar-refractivity contribution in [2.45, 2.75) is 26.5 Å². The van der Waals surface area contributed by atoms with Gasteiger partial charge in [0.25, 0.3) is 0 Å². The molecule has 0 aromatic carbocycles. The zero-order chi connectivity index (χ0) is 10.6. The molecule has 14 heavy (non-hydrogen) atoms. The van der Waals surface area contributed by atoms with E-state index in [4.69, 9.17) is 9.47 Å². The maximum atomic E-state index is 5.25. The molecular formula is C10H18N2O2. The fourth-order valence-electron chi connectivity index (χ4n) is 1.39. The maximum absolute atomic E-state index is 5.25. The van der Waals surface area contributed by atoms with Gasteiger partial charge in [0.15, 0.2) is 0 Å². The zero-order valence-electron chi connectivity index (χ0n) is 9.28. The Balaban J connectivity index is 2.74. The van der Waals surface area contributed by atoms with Crippen LogP contribution >= 0.6 is 0 Å². The van der Waals surface area contributed by atoms with Gasteiger partial charge in [-0.25, -0.2) is 0 Å². The van der Waals surface area contributed by atoms with Crippen molar-refractivity contribution in [3.05, 3.63) is 17.5 Å². The van der Waals surface area contributed by atoms with Crippen LogP contribution in [0.15, 0.2) is 6.20 Å². The summed E-state index contributed by atoms with van der Waals surface area (Å²) in [6.07, 6.45) is 1.96. The smallest absolute Gasteiger partial charge is 0.0826 e. The van der Waals surface area contributed by atoms with Crippen LogP contribution < -0.4 is 0 Å². The van der Waals surface area contributed by atoms with Crippen LogP contribution in [0.3, 0.4) is 0 Å². The summed E-state index contributed by atoms with van der Waals surface area (Å²) >= 11 is 0. The number of aromatic nitrogens is 2. The summed E-state index contributed by atoms with van der Waals surface area (Å²) in [7, 11) is 3.40. The molecule has 1 aromatic heterocycles. The molecule has 0 bridgehead atoms. The molecule has 0 aliphatic rings. The van der Waals surface area contributed by atoms with Crippen LogP contribution in [0.25, 0.3) is 0 Å². The molecule has 0 saturated carbocycles. The first-order chi connectivity index (χ1) is 6.70. The van der Waals surface area contributed by atoms with Gasteiger partial charge in [0.05, 0.1) is 25.5 Å². The van der Waals surface area contributed by atoms with E-state index in [2.05, 4.69) is 5.10 Å². The number of methoxy groups -OCH3 is 2. The zero-order valence-corrected chi connectivity index (χ0v) is 9.28. The van der Waals surface area contributed by atoms with E-state index >= 15 is 0 Å². The highest BCUT2D eigenvalue weighted by atomic mass is 16.5. The Hall–Kier alpha value is -0.870. The Kier molecular flexibility index (Phi) is 4.10. The van der Waals surface area contributed by atoms with E-state index in [0.717, 1.165) is 17.8 Å². The molecule has 4 heteroatoms. The average Bonchev–Trinajstić information content (AvgIpc) is 2.56. The highest BCUT2D eigenvalue weighted by Gasteiger charge is 2.11. The van der Waals surface area contributed by atoms with E-state index in [1.807, 2.05) is 24.7 Å². The van der Waals surface area contributed by atoms with Gasteiger partial charge >= 0.3 is 0 Å². The normalized spacial score (nSPS) is 13.1. The first-order valence-electron chi connectivity index (χ1n) is 4.74. The van der Waals surface area contributed by atoms with Crippen molar-refractivity contribution in [1.29, 1.82) is 0 Å². The Morgan fingerprint density at radius 3 is 2.79 bits per heavy atom. The SMILES string of the molecule is COCCn1ncc([C@H](C)OC)c1C. The van der Waals surface area contributed by atoms with Crippen LogP contribution in [0.1, 0.15) is 24.3 Å². The molecule has 0 saturated heterocycles. The van der Waals surface area contributed by atoms with Crippen molar-refractivity contribution in [3.63, 3.8) is 0 Å². The molecule has 1 rings (SSSR count). The molecule has 1 atom stereocenters. The van der Waals surface area contributed by atoms with E-state index in [-0.39, 0.29) is 6.10 Å². The van der Waals surface area contributed by atoms with Gasteiger partial charge in [-0.3, -0.25) is 4.68 Å². The third kappa shape index (κ3) is 2.33. The number of nitrogens with zero attached hydrogens (tertiary/aromatic N) is 2. The second-order valence-corrected chi connectivity index (χ2v) is 3.28. The maximum Gasteiger partial charge on any atom is 0.0826 e. The van der Waals surface area contributed by atoms with Crippen molar-refractivity contribution in [2.75, 3.05) is 20.8 Å². The minimum absolute atomic E-state index is 0.103. The van der Waals surface area contributed by atoms with Crippen molar-refractivity contribution in [1.82, 2.24) is 9.78 Å². The quantitative estimate of drug-likeness (QED) is 0.720. The van der Waals surface area contributed by atoms with Crippen LogP contribution in [0, 0.1) is 6.92 Å². The summed E-state index contributed by atoms with van der Waals surface area (Å²) in [6, 6.07) is 0. The van der Waals surface area contributed by atoms with Gasteiger partial charge in [-0.2, -0.15) is 5.10 Å². The second-order valence-electron chi connectivity index (χ2n) is 3.28. The van der Waals surface area contributed by atoms with Crippen LogP contribution in [-0.2, 0) is 16.0 Å². The number of ether oxygens (including phenoxy) is 2. The van der Waals surface area contributed by atoms with Gasteiger partial charge < -0.3 is 9.47 Å². The van der Waals surface area contributed by atoms with E-state index in [9.17, 15) is 0 Å². The van der Waals surface area contributed by atoms with Crippen LogP contribution in [0.4, 0.5) is 0 Å². The Bertz CT molecular complexity index is 284. The van der Waals surface area contributed by atoms with Crippen LogP contribution in [-0.4, -0.2) is 30.6 Å². The van der Waals surface area contributed by atoms with Crippen molar-refractivity contribution in [3.8, 4) is 0 Å². The lowest BCUT2D eigenvalue weighted by molar-refractivity contribution is 0.119. The molecule has 1 heterocycles. The third-order valence-electron chi connectivity index (χ3n) is 2.44. The lowest BCUT2D eigenvalue weighted by atomic mass is 10.2. The van der Waals surface area contributed by atoms with Crippen LogP contribution in [0.2, 0.25) is 0 Å². The largest absolute Gasteiger partial charge is 0.383 e. The predicted molar refractivity (Wildman–Crippen MR) is 54.3 cm³/mol. The summed E-state index contributed by atoms with van der Waals surface area (Å²) < 4.78 is 12.2. The predicted octanol–water partition coefficient (Wildman–Crippen LogP) is 1.55. The highest BCUT2D eigenvalue weighted by Crippen LogP contribution is 2.19. The fourth-order valence-corrected chi connectivity index (χ4v) is 1.39. The van der Waals surface area contributed by atoms with Crippen molar-refractivity contribution in [2.24, 2.45) is 0 Å². The standard InChI is InChI=1S/C10H18N2O2/c1-8-10(9(2)14-4)7-11-12(8)5-6-13-3/h7,9H,5-6H2,1-4H3/t9-/m0/s1. The monoisotopic (exact) mass is 198 g/mol. The van der Waals surface area contributed by atoms with Crippen molar-refractivity contribution < 1.29 is 9.47 Å². The van der Waals surface area contributed by atoms with Crippen LogP contribution in [0.5, 0.6) is 0 Å². The second kappa shape index (κ2) is 5.12. The molecule has 80 valence electrons. The molecule has 0 aliphatic carbocycles. The topological polar surface area (TPSA) is 36.3 Å². The molecule has 0 fully saturated rings. The third-order valence-corrected chi connectivity index (χ3v) is 2.44. The summed E-state index contributed by atoms with van der Waals surface area (Å²) in [5.41, 5.74) is 2.29. The number of hydrogen-bond acceptors (Lipinski definition) is 3. The molecule has 0 radical (unpaired) electrons. The Morgan fingerprint density at radius 2 is 2.21 bits per heavy atom. The molecule has 1 aromatic rings. The molecule has 0 amide bonds. The lowest BCUT2D eigenvalue weighted by Crippen LogP contribution is -2.08. The minimum atomic E-state index is 0.103. The van der Waals surface area contributed by atoms with E-state index in [0.29, 0.717) is 6.61 Å². The van der Waals surface area contributed by atoms with E-state index < -0.39 is 0 Å². The van der Waals surface area contributed by atoms with E-state index in [1.54, 1.807) is 14.2 Å². The van der Waals surface area contributed by atoms with Gasteiger partial charge in [-0.1, -0.05) is 0 Å². The van der Waals surface area contributed by atoms with Gasteiger partial charge in [-0.15, -0.1) is 0 Å². The summed E-state index contributed by atoms with van der Waals surface area (Å²) in [4.78, 5) is 0. The van der Waals surface area contributed by atoms with Crippen molar-refractivity contribution >= 4 is 0 Å². The molecular weight excluding hydrogens is 180 g/mol. The molecule has 0 unspecified atom stereocenters. The number of hydrogen-bond donors (Lipinski definition) is 0. The Labute approximate surface area is 84.8 Å². The highest BCUT2D eigenvalue weighted by molar-refractivity contribution is 5.18. The molecule has 0 aliphatic heterocycles. The van der Waals surface area contributed by atoms with Gasteiger partial charge in [0, 0.05) is 25.5 Å². The number of rotatable bonds is 5. The van der Waals surface area contributed by atoms with Gasteiger partial charge in [-0.05, 0) is 13.8 Å². The first-order valence-corrected chi connectivity index (χ1v) is 4.74. The average molecular weight is 198 g/mol. The summed E-state index contributed by atoms with van der Waals surface area (Å²) in [5.74, 6) is 0. The fraction of sp³-hybridized carbons (Fsp3) is 0.700. The van der Waals surface area contributed by atoms with Gasteiger partial charge in [0.2, 0.25) is 0 Å². The minimum Gasteiger partial charge on any atom is -0.383 e. The lowest BCUT2D eigenvalue weighted by Gasteiger charge is -2.09. The Morgan fingerprint density at radius 1 is 1.50 bits per heavy atom. The molecule has 4 nitrogen and oxygen atoms in total. The summed E-state index contributed by atoms with van der Waals surface area (Å²) in [6.45, 7) is 5.54. The molecule has 0 spiro atoms. The molecule has 0 N–H and O–H groups in total.